The van der Waals surface area contributed by atoms with E-state index < -0.39 is 0 Å². The molecule has 0 aromatic heterocycles. The van der Waals surface area contributed by atoms with E-state index in [4.69, 9.17) is 21.1 Å². The van der Waals surface area contributed by atoms with Crippen LogP contribution < -0.4 is 0 Å². The largest absolute Gasteiger partial charge is 0.462 e. The molecule has 1 aromatic carbocycles. The van der Waals surface area contributed by atoms with Gasteiger partial charge in [0.15, 0.2) is 0 Å². The van der Waals surface area contributed by atoms with Crippen LogP contribution in [-0.4, -0.2) is 48.3 Å². The second kappa shape index (κ2) is 7.07. The molecule has 1 aromatic rings. The van der Waals surface area contributed by atoms with Gasteiger partial charge in [-0.3, -0.25) is 9.69 Å². The van der Waals surface area contributed by atoms with E-state index in [0.717, 1.165) is 37.5 Å². The van der Waals surface area contributed by atoms with Crippen molar-refractivity contribution in [2.45, 2.75) is 63.8 Å². The van der Waals surface area contributed by atoms with Crippen LogP contribution >= 0.6 is 11.6 Å². The number of epoxide rings is 1. The van der Waals surface area contributed by atoms with Gasteiger partial charge in [-0.25, -0.2) is 0 Å². The Bertz CT molecular complexity index is 929. The average Bonchev–Trinajstić information content (AvgIpc) is 3.44. The molecule has 0 amide bonds. The maximum absolute atomic E-state index is 13.0. The molecule has 3 aliphatic heterocycles. The molecular formula is C26H32ClNO3. The minimum atomic E-state index is -0.0569. The van der Waals surface area contributed by atoms with E-state index >= 15 is 0 Å². The molecule has 2 saturated carbocycles. The Hall–Kier alpha value is -1.36. The fraction of sp³-hybridized carbons (Fsp3) is 0.654. The summed E-state index contributed by atoms with van der Waals surface area (Å²) in [5.41, 5.74) is 2.76. The summed E-state index contributed by atoms with van der Waals surface area (Å²) in [5.74, 6) is 0.748. The zero-order chi connectivity index (χ0) is 21.4. The summed E-state index contributed by atoms with van der Waals surface area (Å²) in [5, 5.41) is 0.770. The third-order valence-electron chi connectivity index (χ3n) is 9.16. The number of carbonyl (C=O) groups excluding carboxylic acids is 1. The van der Waals surface area contributed by atoms with Gasteiger partial charge in [0, 0.05) is 36.0 Å². The van der Waals surface area contributed by atoms with Crippen LogP contribution in [0, 0.1) is 23.2 Å². The first-order valence-corrected chi connectivity index (χ1v) is 12.3. The third-order valence-corrected chi connectivity index (χ3v) is 9.41. The molecule has 5 heteroatoms. The molecule has 5 aliphatic rings. The number of halogens is 1. The molecule has 3 heterocycles. The van der Waals surface area contributed by atoms with Gasteiger partial charge in [-0.15, -0.1) is 0 Å². The molecule has 0 unspecified atom stereocenters. The van der Waals surface area contributed by atoms with E-state index in [1.165, 1.54) is 30.4 Å². The lowest BCUT2D eigenvalue weighted by atomic mass is 9.53. The lowest BCUT2D eigenvalue weighted by molar-refractivity contribution is -0.146. The maximum Gasteiger partial charge on any atom is 0.311 e. The van der Waals surface area contributed by atoms with Crippen LogP contribution in [0.4, 0.5) is 0 Å². The molecule has 6 rings (SSSR count). The van der Waals surface area contributed by atoms with Crippen LogP contribution in [0.3, 0.4) is 0 Å². The van der Waals surface area contributed by atoms with E-state index in [2.05, 4.69) is 37.0 Å². The van der Waals surface area contributed by atoms with Crippen molar-refractivity contribution in [3.8, 4) is 0 Å². The van der Waals surface area contributed by atoms with Crippen molar-refractivity contribution in [3.63, 3.8) is 0 Å². The second-order valence-corrected chi connectivity index (χ2v) is 11.2. The van der Waals surface area contributed by atoms with Crippen molar-refractivity contribution >= 4 is 23.1 Å². The zero-order valence-corrected chi connectivity index (χ0v) is 19.2. The molecule has 7 atom stereocenters. The number of nitrogens with zero attached hydrogens (tertiary/aromatic N) is 1. The van der Waals surface area contributed by atoms with Crippen LogP contribution in [0.15, 0.2) is 30.3 Å². The van der Waals surface area contributed by atoms with E-state index in [9.17, 15) is 4.79 Å². The Balaban J connectivity index is 1.17. The number of carbonyl (C=O) groups is 1. The average molecular weight is 442 g/mol. The molecule has 31 heavy (non-hydrogen) atoms. The van der Waals surface area contributed by atoms with E-state index in [1.54, 1.807) is 0 Å². The number of benzene rings is 1. The van der Waals surface area contributed by atoms with E-state index in [-0.39, 0.29) is 41.0 Å². The first-order valence-electron chi connectivity index (χ1n) is 12.0. The Morgan fingerprint density at radius 3 is 2.81 bits per heavy atom. The number of rotatable bonds is 3. The zero-order valence-electron chi connectivity index (χ0n) is 18.5. The molecule has 4 fully saturated rings. The lowest BCUT2D eigenvalue weighted by Crippen LogP contribution is -2.54. The molecule has 2 saturated heterocycles. The van der Waals surface area contributed by atoms with Crippen LogP contribution in [0.2, 0.25) is 5.02 Å². The summed E-state index contributed by atoms with van der Waals surface area (Å²) in [6, 6.07) is 8.09. The second-order valence-electron chi connectivity index (χ2n) is 10.8. The lowest BCUT2D eigenvalue weighted by Gasteiger charge is -2.49. The molecule has 166 valence electrons. The van der Waals surface area contributed by atoms with Crippen LogP contribution in [-0.2, 0) is 14.3 Å². The van der Waals surface area contributed by atoms with Gasteiger partial charge in [-0.1, -0.05) is 50.1 Å². The molecule has 1 spiro atoms. The van der Waals surface area contributed by atoms with Crippen LogP contribution in [0.5, 0.6) is 0 Å². The van der Waals surface area contributed by atoms with Crippen molar-refractivity contribution in [2.24, 2.45) is 23.2 Å². The van der Waals surface area contributed by atoms with Crippen molar-refractivity contribution < 1.29 is 14.3 Å². The molecular weight excluding hydrogens is 410 g/mol. The number of ether oxygens (including phenoxy) is 2. The van der Waals surface area contributed by atoms with Gasteiger partial charge in [0.2, 0.25) is 0 Å². The highest BCUT2D eigenvalue weighted by Crippen LogP contribution is 2.70. The summed E-state index contributed by atoms with van der Waals surface area (Å²) >= 11 is 6.03. The smallest absolute Gasteiger partial charge is 0.311 e. The van der Waals surface area contributed by atoms with Crippen LogP contribution in [0.1, 0.15) is 51.5 Å². The van der Waals surface area contributed by atoms with Crippen LogP contribution in [0.25, 0.3) is 5.57 Å². The summed E-state index contributed by atoms with van der Waals surface area (Å²) in [6.45, 7) is 7.38. The Morgan fingerprint density at radius 2 is 2.06 bits per heavy atom. The molecule has 0 radical (unpaired) electrons. The van der Waals surface area contributed by atoms with E-state index in [1.807, 2.05) is 12.1 Å². The van der Waals surface area contributed by atoms with Crippen molar-refractivity contribution in [3.05, 3.63) is 40.9 Å². The Morgan fingerprint density at radius 1 is 1.26 bits per heavy atom. The van der Waals surface area contributed by atoms with Gasteiger partial charge in [0.1, 0.15) is 11.7 Å². The van der Waals surface area contributed by atoms with Gasteiger partial charge in [0.05, 0.1) is 12.0 Å². The first kappa shape index (κ1) is 20.3. The minimum absolute atomic E-state index is 0.00280. The maximum atomic E-state index is 13.0. The number of hydrogen-bond donors (Lipinski definition) is 0. The SMILES string of the molecule is C[C@H]1CCC[C@]2(C)C[C@H]3OC(=O)[C@H](CN4CC=C(c5ccc(Cl)cc5)CC4)[C@H]3[C@@H]3O[C@]132. The standard InChI is InChI=1S/C26H32ClNO3/c1-16-4-3-11-25(2)14-21-22(23-26(16,25)31-23)20(24(29)30-21)15-28-12-9-18(10-13-28)17-5-7-19(27)8-6-17/h5-9,16,20-23H,3-4,10-15H2,1-2H3/t16-,20+,21+,22+,23-,25+,26+/m0/s1. The topological polar surface area (TPSA) is 42.1 Å². The first-order chi connectivity index (χ1) is 14.9. The summed E-state index contributed by atoms with van der Waals surface area (Å²) in [7, 11) is 0. The van der Waals surface area contributed by atoms with Crippen molar-refractivity contribution in [1.29, 1.82) is 0 Å². The highest BCUT2D eigenvalue weighted by atomic mass is 35.5. The Labute approximate surface area is 189 Å². The van der Waals surface area contributed by atoms with Gasteiger partial charge in [-0.2, -0.15) is 0 Å². The number of hydrogen-bond acceptors (Lipinski definition) is 4. The summed E-state index contributed by atoms with van der Waals surface area (Å²) in [4.78, 5) is 15.4. The fourth-order valence-electron chi connectivity index (χ4n) is 7.52. The highest BCUT2D eigenvalue weighted by molar-refractivity contribution is 6.30. The highest BCUT2D eigenvalue weighted by Gasteiger charge is 2.78. The normalized spacial score (nSPS) is 44.0. The van der Waals surface area contributed by atoms with Crippen molar-refractivity contribution in [2.75, 3.05) is 19.6 Å². The predicted molar refractivity (Wildman–Crippen MR) is 121 cm³/mol. The quantitative estimate of drug-likeness (QED) is 0.491. The van der Waals surface area contributed by atoms with Gasteiger partial charge >= 0.3 is 5.97 Å². The van der Waals surface area contributed by atoms with Crippen molar-refractivity contribution in [1.82, 2.24) is 4.90 Å². The van der Waals surface area contributed by atoms with Gasteiger partial charge in [0.25, 0.3) is 0 Å². The Kier molecular flexibility index (Phi) is 4.62. The molecule has 0 bridgehead atoms. The fourth-order valence-corrected chi connectivity index (χ4v) is 7.65. The summed E-state index contributed by atoms with van der Waals surface area (Å²) in [6.07, 6.45) is 8.22. The van der Waals surface area contributed by atoms with Gasteiger partial charge < -0.3 is 9.47 Å². The predicted octanol–water partition coefficient (Wildman–Crippen LogP) is 4.95. The summed E-state index contributed by atoms with van der Waals surface area (Å²) < 4.78 is 12.6. The van der Waals surface area contributed by atoms with E-state index in [0.29, 0.717) is 5.92 Å². The minimum Gasteiger partial charge on any atom is -0.462 e. The van der Waals surface area contributed by atoms with Gasteiger partial charge in [-0.05, 0) is 54.9 Å². The molecule has 2 aliphatic carbocycles. The number of fused-ring (bicyclic) bond motifs is 2. The monoisotopic (exact) mass is 441 g/mol. The molecule has 0 N–H and O–H groups in total. The third kappa shape index (κ3) is 2.98. The molecule has 4 nitrogen and oxygen atoms in total. The number of esters is 1.